The zero-order chi connectivity index (χ0) is 22.6. The molecule has 0 atom stereocenters. The summed E-state index contributed by atoms with van der Waals surface area (Å²) in [6, 6.07) is 9.63. The van der Waals surface area contributed by atoms with Gasteiger partial charge in [0.1, 0.15) is 5.76 Å². The van der Waals surface area contributed by atoms with Crippen LogP contribution < -0.4 is 5.84 Å². The van der Waals surface area contributed by atoms with Crippen LogP contribution in [-0.4, -0.2) is 53.8 Å². The lowest BCUT2D eigenvalue weighted by Gasteiger charge is -2.18. The first kappa shape index (κ1) is 22.8. The highest BCUT2D eigenvalue weighted by Gasteiger charge is 2.23. The van der Waals surface area contributed by atoms with Crippen LogP contribution in [0.5, 0.6) is 0 Å². The Morgan fingerprint density at radius 2 is 1.97 bits per heavy atom. The van der Waals surface area contributed by atoms with Crippen molar-refractivity contribution in [1.82, 2.24) is 19.2 Å². The number of esters is 1. The number of ether oxygens (including phenoxy) is 1. The fourth-order valence-electron chi connectivity index (χ4n) is 2.88. The normalized spacial score (nSPS) is 11.7. The summed E-state index contributed by atoms with van der Waals surface area (Å²) < 4.78 is 38.3. The van der Waals surface area contributed by atoms with Gasteiger partial charge in [0.15, 0.2) is 5.82 Å². The van der Waals surface area contributed by atoms with E-state index in [0.717, 1.165) is 0 Å². The molecule has 3 aromatic rings. The number of nitrogen functional groups attached to an aromatic ring is 1. The number of hydrogen-bond donors (Lipinski definition) is 1. The molecule has 2 N–H and O–H groups in total. The predicted molar refractivity (Wildman–Crippen MR) is 115 cm³/mol. The second kappa shape index (κ2) is 9.54. The lowest BCUT2D eigenvalue weighted by molar-refractivity contribution is 0.0563. The fourth-order valence-corrected chi connectivity index (χ4v) is 5.14. The van der Waals surface area contributed by atoms with Gasteiger partial charge >= 0.3 is 5.97 Å². The first-order valence-electron chi connectivity index (χ1n) is 9.42. The van der Waals surface area contributed by atoms with Crippen molar-refractivity contribution in [3.05, 3.63) is 47.9 Å². The molecule has 0 spiro atoms. The highest BCUT2D eigenvalue weighted by molar-refractivity contribution is 7.98. The molecule has 0 saturated carbocycles. The predicted octanol–water partition coefficient (Wildman–Crippen LogP) is 2.36. The van der Waals surface area contributed by atoms with E-state index >= 15 is 0 Å². The number of nitrogens with zero attached hydrogens (tertiary/aromatic N) is 4. The summed E-state index contributed by atoms with van der Waals surface area (Å²) in [4.78, 5) is 11.6. The summed E-state index contributed by atoms with van der Waals surface area (Å²) in [5.41, 5.74) is 0.529. The van der Waals surface area contributed by atoms with Crippen molar-refractivity contribution in [3.63, 3.8) is 0 Å². The van der Waals surface area contributed by atoms with Crippen molar-refractivity contribution < 1.29 is 22.4 Å². The SMILES string of the molecule is CCN(CC)S(=O)(=O)c1cccc(-c2nnc(SCc3ccc(C(=O)OC)o3)n2N)c1. The Labute approximate surface area is 184 Å². The molecule has 0 radical (unpaired) electrons. The fraction of sp³-hybridized carbons (Fsp3) is 0.316. The number of sulfonamides is 1. The molecule has 1 aromatic carbocycles. The standard InChI is InChI=1S/C19H23N5O5S2/c1-4-23(5-2)31(26,27)15-8-6-7-13(11-15)17-21-22-19(24(17)20)30-12-14-9-10-16(29-14)18(25)28-3/h6-11H,4-5,12,20H2,1-3H3. The van der Waals surface area contributed by atoms with Gasteiger partial charge in [0.05, 0.1) is 17.8 Å². The van der Waals surface area contributed by atoms with Gasteiger partial charge in [-0.05, 0) is 24.3 Å². The molecule has 31 heavy (non-hydrogen) atoms. The summed E-state index contributed by atoms with van der Waals surface area (Å²) in [7, 11) is -2.33. The van der Waals surface area contributed by atoms with Crippen molar-refractivity contribution in [1.29, 1.82) is 0 Å². The van der Waals surface area contributed by atoms with Crippen LogP contribution in [0.2, 0.25) is 0 Å². The summed E-state index contributed by atoms with van der Waals surface area (Å²) >= 11 is 1.26. The second-order valence-corrected chi connectivity index (χ2v) is 9.22. The average molecular weight is 466 g/mol. The van der Waals surface area contributed by atoms with Crippen molar-refractivity contribution in [2.24, 2.45) is 0 Å². The Balaban J connectivity index is 1.80. The highest BCUT2D eigenvalue weighted by atomic mass is 32.2. The molecule has 0 aliphatic rings. The Morgan fingerprint density at radius 3 is 2.65 bits per heavy atom. The Morgan fingerprint density at radius 1 is 1.23 bits per heavy atom. The van der Waals surface area contributed by atoms with Gasteiger partial charge in [-0.1, -0.05) is 37.7 Å². The molecule has 0 aliphatic heterocycles. The van der Waals surface area contributed by atoms with E-state index < -0.39 is 16.0 Å². The molecule has 0 fully saturated rings. The van der Waals surface area contributed by atoms with E-state index in [1.807, 2.05) is 0 Å². The molecule has 0 bridgehead atoms. The van der Waals surface area contributed by atoms with Crippen LogP contribution in [0.25, 0.3) is 11.4 Å². The molecule has 12 heteroatoms. The lowest BCUT2D eigenvalue weighted by atomic mass is 10.2. The van der Waals surface area contributed by atoms with Crippen LogP contribution in [0.3, 0.4) is 0 Å². The molecule has 10 nitrogen and oxygen atoms in total. The minimum atomic E-state index is -3.61. The molecule has 0 aliphatic carbocycles. The largest absolute Gasteiger partial charge is 0.463 e. The maximum Gasteiger partial charge on any atom is 0.373 e. The van der Waals surface area contributed by atoms with Gasteiger partial charge in [0, 0.05) is 18.7 Å². The minimum absolute atomic E-state index is 0.110. The number of furan rings is 1. The first-order chi connectivity index (χ1) is 14.8. The molecule has 3 rings (SSSR count). The molecule has 0 amide bonds. The maximum absolute atomic E-state index is 12.8. The monoisotopic (exact) mass is 465 g/mol. The number of aromatic nitrogens is 3. The van der Waals surface area contributed by atoms with Crippen molar-refractivity contribution >= 4 is 27.8 Å². The molecule has 2 aromatic heterocycles. The third-order valence-corrected chi connectivity index (χ3v) is 7.50. The zero-order valence-electron chi connectivity index (χ0n) is 17.3. The summed E-state index contributed by atoms with van der Waals surface area (Å²) in [5.74, 6) is 6.94. The van der Waals surface area contributed by atoms with Crippen LogP contribution in [0.15, 0.2) is 50.9 Å². The van der Waals surface area contributed by atoms with E-state index in [2.05, 4.69) is 14.9 Å². The summed E-state index contributed by atoms with van der Waals surface area (Å²) in [5, 5.41) is 8.60. The number of methoxy groups -OCH3 is 1. The molecule has 166 valence electrons. The molecule has 0 unspecified atom stereocenters. The van der Waals surface area contributed by atoms with E-state index in [4.69, 9.17) is 10.3 Å². The topological polar surface area (TPSA) is 134 Å². The minimum Gasteiger partial charge on any atom is -0.463 e. The van der Waals surface area contributed by atoms with E-state index in [0.29, 0.717) is 41.1 Å². The Hall–Kier alpha value is -2.83. The number of benzene rings is 1. The molecule has 2 heterocycles. The van der Waals surface area contributed by atoms with Crippen molar-refractivity contribution in [2.75, 3.05) is 26.0 Å². The number of rotatable bonds is 9. The Bertz CT molecular complexity index is 1170. The van der Waals surface area contributed by atoms with E-state index in [1.165, 1.54) is 40.0 Å². The van der Waals surface area contributed by atoms with Gasteiger partial charge in [-0.15, -0.1) is 10.2 Å². The van der Waals surface area contributed by atoms with Gasteiger partial charge in [0.2, 0.25) is 20.9 Å². The smallest absolute Gasteiger partial charge is 0.373 e. The van der Waals surface area contributed by atoms with E-state index in [-0.39, 0.29) is 10.7 Å². The van der Waals surface area contributed by atoms with Crippen LogP contribution in [-0.2, 0) is 20.5 Å². The lowest BCUT2D eigenvalue weighted by Crippen LogP contribution is -2.30. The number of nitrogens with two attached hydrogens (primary N) is 1. The zero-order valence-corrected chi connectivity index (χ0v) is 18.9. The third-order valence-electron chi connectivity index (χ3n) is 4.49. The van der Waals surface area contributed by atoms with E-state index in [1.54, 1.807) is 38.1 Å². The first-order valence-corrected chi connectivity index (χ1v) is 11.8. The van der Waals surface area contributed by atoms with E-state index in [9.17, 15) is 13.2 Å². The number of thioether (sulfide) groups is 1. The number of carbonyl (C=O) groups is 1. The van der Waals surface area contributed by atoms with Crippen LogP contribution in [0.1, 0.15) is 30.2 Å². The van der Waals surface area contributed by atoms with Gasteiger partial charge in [-0.3, -0.25) is 0 Å². The molecular formula is C19H23N5O5S2. The van der Waals surface area contributed by atoms with Gasteiger partial charge < -0.3 is 15.0 Å². The van der Waals surface area contributed by atoms with Crippen LogP contribution >= 0.6 is 11.8 Å². The number of carbonyl (C=O) groups excluding carboxylic acids is 1. The molecule has 0 saturated heterocycles. The number of hydrogen-bond acceptors (Lipinski definition) is 9. The van der Waals surface area contributed by atoms with Crippen molar-refractivity contribution in [2.45, 2.75) is 29.7 Å². The highest BCUT2D eigenvalue weighted by Crippen LogP contribution is 2.27. The van der Waals surface area contributed by atoms with Crippen LogP contribution in [0.4, 0.5) is 0 Å². The summed E-state index contributed by atoms with van der Waals surface area (Å²) in [6.07, 6.45) is 0. The Kier molecular flexibility index (Phi) is 7.03. The van der Waals surface area contributed by atoms with Crippen molar-refractivity contribution in [3.8, 4) is 11.4 Å². The second-order valence-electron chi connectivity index (χ2n) is 6.34. The van der Waals surface area contributed by atoms with Gasteiger partial charge in [-0.25, -0.2) is 17.9 Å². The van der Waals surface area contributed by atoms with Gasteiger partial charge in [-0.2, -0.15) is 4.31 Å². The van der Waals surface area contributed by atoms with Crippen LogP contribution in [0, 0.1) is 0 Å². The molecular weight excluding hydrogens is 442 g/mol. The summed E-state index contributed by atoms with van der Waals surface area (Å²) in [6.45, 7) is 4.33. The van der Waals surface area contributed by atoms with Gasteiger partial charge in [0.25, 0.3) is 0 Å². The quantitative estimate of drug-likeness (QED) is 0.287. The maximum atomic E-state index is 12.8. The average Bonchev–Trinajstić information content (AvgIpc) is 3.39. The third kappa shape index (κ3) is 4.75.